The fourth-order valence-electron chi connectivity index (χ4n) is 2.45. The first-order valence-corrected chi connectivity index (χ1v) is 8.47. The van der Waals surface area contributed by atoms with Crippen molar-refractivity contribution < 1.29 is 23.7 Å². The van der Waals surface area contributed by atoms with Gasteiger partial charge in [0.2, 0.25) is 5.75 Å². The van der Waals surface area contributed by atoms with E-state index in [4.69, 9.17) is 18.9 Å². The van der Waals surface area contributed by atoms with Crippen LogP contribution in [0, 0.1) is 0 Å². The van der Waals surface area contributed by atoms with Gasteiger partial charge in [-0.3, -0.25) is 4.79 Å². The number of carbonyl (C=O) groups is 1. The van der Waals surface area contributed by atoms with Crippen molar-refractivity contribution in [1.29, 1.82) is 0 Å². The molecule has 0 bridgehead atoms. The second kappa shape index (κ2) is 10.3. The van der Waals surface area contributed by atoms with Crippen LogP contribution in [0.25, 0.3) is 0 Å². The lowest BCUT2D eigenvalue weighted by atomic mass is 10.1. The second-order valence-electron chi connectivity index (χ2n) is 5.51. The zero-order chi connectivity index (χ0) is 18.8. The van der Waals surface area contributed by atoms with Crippen molar-refractivity contribution in [2.75, 3.05) is 46.1 Å². The highest BCUT2D eigenvalue weighted by atomic mass is 16.5. The van der Waals surface area contributed by atoms with Crippen molar-refractivity contribution in [2.24, 2.45) is 0 Å². The molecule has 1 amide bonds. The highest BCUT2D eigenvalue weighted by molar-refractivity contribution is 5.95. The normalized spacial score (nSPS) is 13.6. The lowest BCUT2D eigenvalue weighted by Gasteiger charge is -2.27. The van der Waals surface area contributed by atoms with Gasteiger partial charge in [0.25, 0.3) is 5.91 Å². The highest BCUT2D eigenvalue weighted by Crippen LogP contribution is 2.39. The zero-order valence-corrected chi connectivity index (χ0v) is 14.9. The summed E-state index contributed by atoms with van der Waals surface area (Å²) in [6.45, 7) is 14.0. The maximum absolute atomic E-state index is 12.8. The van der Waals surface area contributed by atoms with Crippen molar-refractivity contribution >= 4 is 5.91 Å². The maximum atomic E-state index is 12.8. The Kier molecular flexibility index (Phi) is 7.76. The molecule has 0 unspecified atom stereocenters. The maximum Gasteiger partial charge on any atom is 0.254 e. The van der Waals surface area contributed by atoms with E-state index in [1.54, 1.807) is 35.3 Å². The molecule has 0 saturated carbocycles. The predicted octanol–water partition coefficient (Wildman–Crippen LogP) is 2.85. The third-order valence-corrected chi connectivity index (χ3v) is 3.62. The quantitative estimate of drug-likeness (QED) is 0.601. The molecule has 6 nitrogen and oxygen atoms in total. The number of nitrogens with zero attached hydrogens (tertiary/aromatic N) is 1. The fourth-order valence-corrected chi connectivity index (χ4v) is 2.45. The molecule has 1 heterocycles. The van der Waals surface area contributed by atoms with Crippen LogP contribution in [0.1, 0.15) is 10.4 Å². The molecule has 26 heavy (non-hydrogen) atoms. The number of ether oxygens (including phenoxy) is 4. The smallest absolute Gasteiger partial charge is 0.254 e. The summed E-state index contributed by atoms with van der Waals surface area (Å²) in [5.74, 6) is 1.16. The first kappa shape index (κ1) is 19.6. The SMILES string of the molecule is C=CCOc1cc(C(=O)N2CCOCC2)cc(OCC=C)c1OCC=C. The van der Waals surface area contributed by atoms with Crippen LogP contribution in [0.15, 0.2) is 50.1 Å². The molecule has 1 aromatic carbocycles. The monoisotopic (exact) mass is 359 g/mol. The molecule has 0 aromatic heterocycles. The van der Waals surface area contributed by atoms with E-state index in [-0.39, 0.29) is 25.7 Å². The first-order valence-electron chi connectivity index (χ1n) is 8.47. The van der Waals surface area contributed by atoms with Crippen LogP contribution in [0.2, 0.25) is 0 Å². The number of hydrogen-bond donors (Lipinski definition) is 0. The Labute approximate surface area is 154 Å². The Balaban J connectivity index is 2.39. The summed E-state index contributed by atoms with van der Waals surface area (Å²) in [5.41, 5.74) is 0.468. The Morgan fingerprint density at radius 3 is 1.96 bits per heavy atom. The van der Waals surface area contributed by atoms with E-state index in [0.29, 0.717) is 49.1 Å². The second-order valence-corrected chi connectivity index (χ2v) is 5.51. The number of benzene rings is 1. The molecule has 1 aliphatic heterocycles. The molecule has 1 aromatic rings. The van der Waals surface area contributed by atoms with Crippen LogP contribution in [-0.2, 0) is 4.74 Å². The molecule has 0 aliphatic carbocycles. The van der Waals surface area contributed by atoms with Gasteiger partial charge in [-0.15, -0.1) is 0 Å². The summed E-state index contributed by atoms with van der Waals surface area (Å²) in [6, 6.07) is 3.33. The van der Waals surface area contributed by atoms with Crippen LogP contribution < -0.4 is 14.2 Å². The molecule has 1 fully saturated rings. The number of hydrogen-bond acceptors (Lipinski definition) is 5. The van der Waals surface area contributed by atoms with Gasteiger partial charge >= 0.3 is 0 Å². The molecule has 0 atom stereocenters. The molecular weight excluding hydrogens is 334 g/mol. The van der Waals surface area contributed by atoms with E-state index in [2.05, 4.69) is 19.7 Å². The molecule has 0 N–H and O–H groups in total. The van der Waals surface area contributed by atoms with Crippen molar-refractivity contribution in [2.45, 2.75) is 0 Å². The van der Waals surface area contributed by atoms with Crippen LogP contribution in [0.5, 0.6) is 17.2 Å². The Morgan fingerprint density at radius 2 is 1.46 bits per heavy atom. The minimum Gasteiger partial charge on any atom is -0.485 e. The number of amides is 1. The summed E-state index contributed by atoms with van der Waals surface area (Å²) in [6.07, 6.45) is 4.87. The Bertz CT molecular complexity index is 617. The van der Waals surface area contributed by atoms with Gasteiger partial charge in [-0.05, 0) is 12.1 Å². The van der Waals surface area contributed by atoms with E-state index < -0.39 is 0 Å². The standard InChI is InChI=1S/C20H25NO5/c1-4-9-24-17-14-16(20(22)21-7-12-23-13-8-21)15-18(25-10-5-2)19(17)26-11-6-3/h4-6,14-15H,1-3,7-13H2. The van der Waals surface area contributed by atoms with Crippen molar-refractivity contribution in [1.82, 2.24) is 4.90 Å². The summed E-state index contributed by atoms with van der Waals surface area (Å²) in [4.78, 5) is 14.6. The van der Waals surface area contributed by atoms with Gasteiger partial charge in [-0.25, -0.2) is 0 Å². The molecule has 0 spiro atoms. The van der Waals surface area contributed by atoms with Gasteiger partial charge in [-0.2, -0.15) is 0 Å². The fraction of sp³-hybridized carbons (Fsp3) is 0.350. The van der Waals surface area contributed by atoms with E-state index in [9.17, 15) is 4.79 Å². The summed E-state index contributed by atoms with van der Waals surface area (Å²) < 4.78 is 22.4. The number of morpholine rings is 1. The van der Waals surface area contributed by atoms with Crippen molar-refractivity contribution in [3.8, 4) is 17.2 Å². The third kappa shape index (κ3) is 5.13. The molecule has 1 saturated heterocycles. The topological polar surface area (TPSA) is 57.2 Å². The third-order valence-electron chi connectivity index (χ3n) is 3.62. The average Bonchev–Trinajstić information content (AvgIpc) is 2.69. The van der Waals surface area contributed by atoms with Gasteiger partial charge in [0, 0.05) is 18.7 Å². The predicted molar refractivity (Wildman–Crippen MR) is 100 cm³/mol. The summed E-state index contributed by atoms with van der Waals surface area (Å²) in [5, 5.41) is 0. The van der Waals surface area contributed by atoms with Crippen LogP contribution in [0.4, 0.5) is 0 Å². The van der Waals surface area contributed by atoms with Gasteiger partial charge in [0.15, 0.2) is 11.5 Å². The van der Waals surface area contributed by atoms with Crippen LogP contribution >= 0.6 is 0 Å². The summed E-state index contributed by atoms with van der Waals surface area (Å²) in [7, 11) is 0. The first-order chi connectivity index (χ1) is 12.7. The number of rotatable bonds is 10. The molecule has 6 heteroatoms. The van der Waals surface area contributed by atoms with Crippen molar-refractivity contribution in [3.63, 3.8) is 0 Å². The van der Waals surface area contributed by atoms with Crippen LogP contribution in [0.3, 0.4) is 0 Å². The van der Waals surface area contributed by atoms with Gasteiger partial charge in [0.1, 0.15) is 19.8 Å². The van der Waals surface area contributed by atoms with E-state index in [1.165, 1.54) is 0 Å². The molecule has 1 aliphatic rings. The minimum absolute atomic E-state index is 0.101. The lowest BCUT2D eigenvalue weighted by molar-refractivity contribution is 0.0302. The van der Waals surface area contributed by atoms with E-state index in [0.717, 1.165) is 0 Å². The molecule has 2 rings (SSSR count). The average molecular weight is 359 g/mol. The molecule has 0 radical (unpaired) electrons. The Morgan fingerprint density at radius 1 is 0.962 bits per heavy atom. The minimum atomic E-state index is -0.101. The molecular formula is C20H25NO5. The van der Waals surface area contributed by atoms with Gasteiger partial charge in [0.05, 0.1) is 13.2 Å². The van der Waals surface area contributed by atoms with Crippen molar-refractivity contribution in [3.05, 3.63) is 55.7 Å². The van der Waals surface area contributed by atoms with Gasteiger partial charge in [-0.1, -0.05) is 38.0 Å². The zero-order valence-electron chi connectivity index (χ0n) is 14.9. The highest BCUT2D eigenvalue weighted by Gasteiger charge is 2.23. The van der Waals surface area contributed by atoms with Gasteiger partial charge < -0.3 is 23.8 Å². The van der Waals surface area contributed by atoms with E-state index in [1.807, 2.05) is 0 Å². The Hall–Kier alpha value is -2.73. The molecule has 140 valence electrons. The van der Waals surface area contributed by atoms with Crippen LogP contribution in [-0.4, -0.2) is 56.9 Å². The largest absolute Gasteiger partial charge is 0.485 e. The van der Waals surface area contributed by atoms with E-state index >= 15 is 0 Å². The number of carbonyl (C=O) groups excluding carboxylic acids is 1. The summed E-state index contributed by atoms with van der Waals surface area (Å²) >= 11 is 0. The lowest BCUT2D eigenvalue weighted by Crippen LogP contribution is -2.40.